The minimum Gasteiger partial charge on any atom is -0.348 e. The Kier molecular flexibility index (Phi) is 7.83. The molecule has 0 spiro atoms. The molecule has 1 amide bonds. The molecule has 1 saturated heterocycles. The molecule has 8 nitrogen and oxygen atoms in total. The first-order chi connectivity index (χ1) is 13.5. The van der Waals surface area contributed by atoms with E-state index in [2.05, 4.69) is 5.32 Å². The number of benzene rings is 1. The Hall–Kier alpha value is -1.49. The summed E-state index contributed by atoms with van der Waals surface area (Å²) in [5.41, 5.74) is 0.749. The molecule has 164 valence electrons. The third kappa shape index (κ3) is 5.56. The van der Waals surface area contributed by atoms with E-state index in [9.17, 15) is 21.6 Å². The van der Waals surface area contributed by atoms with E-state index in [0.29, 0.717) is 26.1 Å². The second-order valence-electron chi connectivity index (χ2n) is 7.27. The minimum atomic E-state index is -3.53. The summed E-state index contributed by atoms with van der Waals surface area (Å²) in [6.45, 7) is 6.51. The Morgan fingerprint density at radius 3 is 2.24 bits per heavy atom. The summed E-state index contributed by atoms with van der Waals surface area (Å²) in [6.07, 6.45) is 3.16. The number of nitrogens with one attached hydrogen (secondary N) is 1. The molecular weight excluding hydrogens is 414 g/mol. The van der Waals surface area contributed by atoms with Gasteiger partial charge in [-0.2, -0.15) is 8.61 Å². The van der Waals surface area contributed by atoms with Crippen molar-refractivity contribution in [1.82, 2.24) is 13.9 Å². The highest BCUT2D eigenvalue weighted by Crippen LogP contribution is 2.23. The van der Waals surface area contributed by atoms with Crippen LogP contribution in [0.2, 0.25) is 0 Å². The molecule has 0 aliphatic carbocycles. The van der Waals surface area contributed by atoms with Gasteiger partial charge in [-0.25, -0.2) is 16.8 Å². The van der Waals surface area contributed by atoms with Crippen LogP contribution in [-0.2, 0) is 24.8 Å². The zero-order chi connectivity index (χ0) is 21.8. The summed E-state index contributed by atoms with van der Waals surface area (Å²) < 4.78 is 51.8. The number of hydrogen-bond donors (Lipinski definition) is 1. The van der Waals surface area contributed by atoms with Crippen LogP contribution in [0.5, 0.6) is 0 Å². The van der Waals surface area contributed by atoms with Gasteiger partial charge in [-0.15, -0.1) is 0 Å². The molecule has 1 N–H and O–H groups in total. The van der Waals surface area contributed by atoms with Crippen molar-refractivity contribution in [3.63, 3.8) is 0 Å². The molecular formula is C19H31N3O5S2. The second kappa shape index (κ2) is 9.55. The average Bonchev–Trinajstić information content (AvgIpc) is 2.68. The molecule has 0 bridgehead atoms. The standard InChI is InChI=1S/C19H31N3O5S2/c1-5-21(6-2)29(26,27)17-12-10-16(11-13-17)15(3)20-19(23)18-9-7-8-14-22(18)28(4,24)25/h10-13,15,18H,5-9,14H2,1-4H3,(H,20,23)/t15-,18-/m0/s1. The maximum Gasteiger partial charge on any atom is 0.243 e. The number of sulfonamides is 2. The molecule has 0 aromatic heterocycles. The fourth-order valence-electron chi connectivity index (χ4n) is 3.60. The lowest BCUT2D eigenvalue weighted by Crippen LogP contribution is -2.51. The Balaban J connectivity index is 2.13. The Bertz CT molecular complexity index is 910. The van der Waals surface area contributed by atoms with Crippen molar-refractivity contribution in [2.75, 3.05) is 25.9 Å². The van der Waals surface area contributed by atoms with E-state index in [0.717, 1.165) is 24.7 Å². The lowest BCUT2D eigenvalue weighted by molar-refractivity contribution is -0.126. The first-order valence-corrected chi connectivity index (χ1v) is 13.2. The largest absolute Gasteiger partial charge is 0.348 e. The van der Waals surface area contributed by atoms with Crippen molar-refractivity contribution in [3.8, 4) is 0 Å². The van der Waals surface area contributed by atoms with Crippen LogP contribution in [0.1, 0.15) is 51.6 Å². The smallest absolute Gasteiger partial charge is 0.243 e. The van der Waals surface area contributed by atoms with Gasteiger partial charge in [0.05, 0.1) is 17.2 Å². The Morgan fingerprint density at radius 2 is 1.72 bits per heavy atom. The van der Waals surface area contributed by atoms with Crippen molar-refractivity contribution in [1.29, 1.82) is 0 Å². The highest BCUT2D eigenvalue weighted by Gasteiger charge is 2.35. The molecule has 1 aliphatic heterocycles. The molecule has 0 saturated carbocycles. The molecule has 29 heavy (non-hydrogen) atoms. The van der Waals surface area contributed by atoms with Gasteiger partial charge in [0.1, 0.15) is 6.04 Å². The summed E-state index contributed by atoms with van der Waals surface area (Å²) >= 11 is 0. The number of carbonyl (C=O) groups is 1. The van der Waals surface area contributed by atoms with Gasteiger partial charge in [0.2, 0.25) is 26.0 Å². The highest BCUT2D eigenvalue weighted by atomic mass is 32.2. The van der Waals surface area contributed by atoms with Gasteiger partial charge in [-0.1, -0.05) is 32.4 Å². The van der Waals surface area contributed by atoms with Gasteiger partial charge in [0.15, 0.2) is 0 Å². The molecule has 0 unspecified atom stereocenters. The van der Waals surface area contributed by atoms with E-state index in [1.807, 2.05) is 0 Å². The molecule has 1 fully saturated rings. The minimum absolute atomic E-state index is 0.207. The maximum absolute atomic E-state index is 12.7. The lowest BCUT2D eigenvalue weighted by atomic mass is 10.0. The van der Waals surface area contributed by atoms with E-state index in [-0.39, 0.29) is 16.8 Å². The SMILES string of the molecule is CCN(CC)S(=O)(=O)c1ccc([C@H](C)NC(=O)[C@@H]2CCCCN2S(C)(=O)=O)cc1. The molecule has 1 aliphatic rings. The molecule has 1 aromatic rings. The second-order valence-corrected chi connectivity index (χ2v) is 11.1. The predicted octanol–water partition coefficient (Wildman–Crippen LogP) is 1.71. The van der Waals surface area contributed by atoms with Crippen LogP contribution in [0.3, 0.4) is 0 Å². The van der Waals surface area contributed by atoms with Crippen molar-refractivity contribution in [3.05, 3.63) is 29.8 Å². The van der Waals surface area contributed by atoms with Crippen molar-refractivity contribution in [2.45, 2.75) is 57.0 Å². The fraction of sp³-hybridized carbons (Fsp3) is 0.632. The van der Waals surface area contributed by atoms with Crippen LogP contribution in [0, 0.1) is 0 Å². The van der Waals surface area contributed by atoms with Crippen LogP contribution >= 0.6 is 0 Å². The number of hydrogen-bond acceptors (Lipinski definition) is 5. The first kappa shape index (κ1) is 23.8. The average molecular weight is 446 g/mol. The van der Waals surface area contributed by atoms with E-state index in [4.69, 9.17) is 0 Å². The van der Waals surface area contributed by atoms with Crippen LogP contribution in [-0.4, -0.2) is 63.3 Å². The van der Waals surface area contributed by atoms with Gasteiger partial charge in [-0.05, 0) is 37.5 Å². The zero-order valence-corrected chi connectivity index (χ0v) is 19.1. The first-order valence-electron chi connectivity index (χ1n) is 9.89. The van der Waals surface area contributed by atoms with Gasteiger partial charge in [0.25, 0.3) is 0 Å². The van der Waals surface area contributed by atoms with E-state index >= 15 is 0 Å². The molecule has 1 aromatic carbocycles. The summed E-state index contributed by atoms with van der Waals surface area (Å²) in [6, 6.07) is 5.34. The normalized spacial score (nSPS) is 19.8. The Morgan fingerprint density at radius 1 is 1.14 bits per heavy atom. The number of piperidine rings is 1. The fourth-order valence-corrected chi connectivity index (χ4v) is 6.18. The topological polar surface area (TPSA) is 104 Å². The van der Waals surface area contributed by atoms with Crippen LogP contribution < -0.4 is 5.32 Å². The van der Waals surface area contributed by atoms with E-state index < -0.39 is 26.1 Å². The lowest BCUT2D eigenvalue weighted by Gasteiger charge is -2.33. The zero-order valence-electron chi connectivity index (χ0n) is 17.5. The monoisotopic (exact) mass is 445 g/mol. The van der Waals surface area contributed by atoms with Gasteiger partial charge in [-0.3, -0.25) is 4.79 Å². The van der Waals surface area contributed by atoms with Gasteiger partial charge < -0.3 is 5.32 Å². The molecule has 1 heterocycles. The number of rotatable bonds is 8. The third-order valence-electron chi connectivity index (χ3n) is 5.26. The summed E-state index contributed by atoms with van der Waals surface area (Å²) in [5.74, 6) is -0.331. The van der Waals surface area contributed by atoms with Gasteiger partial charge >= 0.3 is 0 Å². The summed E-state index contributed by atoms with van der Waals surface area (Å²) in [7, 11) is -6.99. The number of nitrogens with zero attached hydrogens (tertiary/aromatic N) is 2. The molecule has 2 rings (SSSR count). The summed E-state index contributed by atoms with van der Waals surface area (Å²) in [5, 5.41) is 2.87. The summed E-state index contributed by atoms with van der Waals surface area (Å²) in [4.78, 5) is 12.9. The van der Waals surface area contributed by atoms with Crippen LogP contribution in [0.15, 0.2) is 29.2 Å². The van der Waals surface area contributed by atoms with Crippen molar-refractivity contribution >= 4 is 26.0 Å². The molecule has 0 radical (unpaired) electrons. The van der Waals surface area contributed by atoms with E-state index in [1.165, 1.54) is 20.7 Å². The van der Waals surface area contributed by atoms with Crippen LogP contribution in [0.25, 0.3) is 0 Å². The Labute approximate surface area is 174 Å². The maximum atomic E-state index is 12.7. The molecule has 10 heteroatoms. The number of amides is 1. The van der Waals surface area contributed by atoms with E-state index in [1.54, 1.807) is 32.9 Å². The third-order valence-corrected chi connectivity index (χ3v) is 8.62. The van der Waals surface area contributed by atoms with Crippen LogP contribution in [0.4, 0.5) is 0 Å². The van der Waals surface area contributed by atoms with Crippen molar-refractivity contribution < 1.29 is 21.6 Å². The van der Waals surface area contributed by atoms with Gasteiger partial charge in [0, 0.05) is 19.6 Å². The predicted molar refractivity (Wildman–Crippen MR) is 112 cm³/mol. The number of carbonyl (C=O) groups excluding carboxylic acids is 1. The molecule has 2 atom stereocenters. The van der Waals surface area contributed by atoms with Crippen molar-refractivity contribution in [2.24, 2.45) is 0 Å². The quantitative estimate of drug-likeness (QED) is 0.656. The highest BCUT2D eigenvalue weighted by molar-refractivity contribution is 7.89.